The molecule has 0 aliphatic carbocycles. The SMILES string of the molecule is CC(CNC(=O)Nc1ccc(CN)cc1)S(C)=O. The first-order chi connectivity index (χ1) is 8.52. The number of amides is 2. The van der Waals surface area contributed by atoms with Crippen molar-refractivity contribution in [1.29, 1.82) is 0 Å². The number of carbonyl (C=O) groups excluding carboxylic acids is 1. The Kier molecular flexibility index (Phi) is 5.80. The van der Waals surface area contributed by atoms with Crippen molar-refractivity contribution >= 4 is 22.5 Å². The van der Waals surface area contributed by atoms with Gasteiger partial charge in [0.2, 0.25) is 0 Å². The van der Waals surface area contributed by atoms with Gasteiger partial charge in [-0.15, -0.1) is 0 Å². The van der Waals surface area contributed by atoms with Crippen LogP contribution in [0.4, 0.5) is 10.5 Å². The molecule has 4 N–H and O–H groups in total. The third-order valence-corrected chi connectivity index (χ3v) is 3.86. The van der Waals surface area contributed by atoms with Crippen molar-refractivity contribution in [3.8, 4) is 0 Å². The van der Waals surface area contributed by atoms with Crippen LogP contribution in [0, 0.1) is 0 Å². The average molecular weight is 269 g/mol. The zero-order valence-electron chi connectivity index (χ0n) is 10.6. The lowest BCUT2D eigenvalue weighted by molar-refractivity contribution is 0.252. The van der Waals surface area contributed by atoms with Crippen LogP contribution < -0.4 is 16.4 Å². The molecule has 2 amide bonds. The summed E-state index contributed by atoms with van der Waals surface area (Å²) >= 11 is 0. The fourth-order valence-corrected chi connectivity index (χ4v) is 1.57. The number of hydrogen-bond donors (Lipinski definition) is 3. The average Bonchev–Trinajstić information content (AvgIpc) is 2.36. The van der Waals surface area contributed by atoms with E-state index >= 15 is 0 Å². The number of carbonyl (C=O) groups is 1. The van der Waals surface area contributed by atoms with E-state index in [9.17, 15) is 9.00 Å². The molecule has 0 fully saturated rings. The van der Waals surface area contributed by atoms with Crippen molar-refractivity contribution in [1.82, 2.24) is 5.32 Å². The molecule has 0 aromatic heterocycles. The van der Waals surface area contributed by atoms with Crippen molar-refractivity contribution in [3.63, 3.8) is 0 Å². The number of nitrogens with two attached hydrogens (primary N) is 1. The van der Waals surface area contributed by atoms with Gasteiger partial charge in [-0.3, -0.25) is 4.21 Å². The Bertz CT molecular complexity index is 420. The third kappa shape index (κ3) is 4.85. The largest absolute Gasteiger partial charge is 0.337 e. The molecule has 5 nitrogen and oxygen atoms in total. The summed E-state index contributed by atoms with van der Waals surface area (Å²) in [4.78, 5) is 11.5. The number of benzene rings is 1. The van der Waals surface area contributed by atoms with Gasteiger partial charge in [-0.1, -0.05) is 12.1 Å². The standard InChI is InChI=1S/C12H19N3O2S/c1-9(18(2)17)8-14-12(16)15-11-5-3-10(7-13)4-6-11/h3-6,9H,7-8,13H2,1-2H3,(H2,14,15,16). The van der Waals surface area contributed by atoms with Gasteiger partial charge < -0.3 is 16.4 Å². The number of urea groups is 1. The first kappa shape index (κ1) is 14.7. The highest BCUT2D eigenvalue weighted by Crippen LogP contribution is 2.08. The van der Waals surface area contributed by atoms with E-state index in [2.05, 4.69) is 10.6 Å². The lowest BCUT2D eigenvalue weighted by atomic mass is 10.2. The molecule has 1 aromatic rings. The number of anilines is 1. The minimum atomic E-state index is -0.934. The third-order valence-electron chi connectivity index (χ3n) is 2.56. The van der Waals surface area contributed by atoms with Gasteiger partial charge in [0.25, 0.3) is 0 Å². The van der Waals surface area contributed by atoms with Crippen LogP contribution in [-0.2, 0) is 17.3 Å². The summed E-state index contributed by atoms with van der Waals surface area (Å²) in [6.45, 7) is 2.69. The summed E-state index contributed by atoms with van der Waals surface area (Å²) in [5.41, 5.74) is 7.20. The van der Waals surface area contributed by atoms with Gasteiger partial charge in [0.1, 0.15) is 0 Å². The van der Waals surface area contributed by atoms with E-state index in [1.165, 1.54) is 0 Å². The van der Waals surface area contributed by atoms with Crippen LogP contribution in [0.5, 0.6) is 0 Å². The number of nitrogens with one attached hydrogen (secondary N) is 2. The first-order valence-electron chi connectivity index (χ1n) is 5.69. The number of rotatable bonds is 5. The van der Waals surface area contributed by atoms with Gasteiger partial charge in [-0.25, -0.2) is 4.79 Å². The van der Waals surface area contributed by atoms with Gasteiger partial charge in [-0.05, 0) is 24.6 Å². The second-order valence-electron chi connectivity index (χ2n) is 4.05. The van der Waals surface area contributed by atoms with Crippen molar-refractivity contribution < 1.29 is 9.00 Å². The summed E-state index contributed by atoms with van der Waals surface area (Å²) in [7, 11) is -0.934. The van der Waals surface area contributed by atoms with Crippen molar-refractivity contribution in [2.45, 2.75) is 18.7 Å². The van der Waals surface area contributed by atoms with Gasteiger partial charge in [0.15, 0.2) is 0 Å². The minimum absolute atomic E-state index is 0.0598. The van der Waals surface area contributed by atoms with E-state index in [0.29, 0.717) is 18.8 Å². The number of hydrogen-bond acceptors (Lipinski definition) is 3. The van der Waals surface area contributed by atoms with Gasteiger partial charge in [-0.2, -0.15) is 0 Å². The van der Waals surface area contributed by atoms with E-state index in [1.807, 2.05) is 19.1 Å². The summed E-state index contributed by atoms with van der Waals surface area (Å²) in [6, 6.07) is 7.01. The maximum Gasteiger partial charge on any atom is 0.319 e. The second-order valence-corrected chi connectivity index (χ2v) is 5.85. The Balaban J connectivity index is 2.42. The van der Waals surface area contributed by atoms with Crippen LogP contribution in [0.3, 0.4) is 0 Å². The Morgan fingerprint density at radius 1 is 1.39 bits per heavy atom. The van der Waals surface area contributed by atoms with Crippen LogP contribution in [-0.4, -0.2) is 28.3 Å². The molecule has 0 saturated carbocycles. The quantitative estimate of drug-likeness (QED) is 0.746. The fourth-order valence-electron chi connectivity index (χ4n) is 1.25. The molecule has 100 valence electrons. The molecule has 0 aliphatic rings. The predicted octanol–water partition coefficient (Wildman–Crippen LogP) is 1.03. The molecule has 6 heteroatoms. The summed E-state index contributed by atoms with van der Waals surface area (Å²) in [6.07, 6.45) is 1.62. The first-order valence-corrected chi connectivity index (χ1v) is 7.31. The Labute approximate surface area is 110 Å². The molecule has 0 aliphatic heterocycles. The van der Waals surface area contributed by atoms with Crippen LogP contribution >= 0.6 is 0 Å². The second kappa shape index (κ2) is 7.13. The highest BCUT2D eigenvalue weighted by Gasteiger charge is 2.08. The molecular weight excluding hydrogens is 250 g/mol. The molecule has 18 heavy (non-hydrogen) atoms. The highest BCUT2D eigenvalue weighted by molar-refractivity contribution is 7.84. The summed E-state index contributed by atoms with van der Waals surface area (Å²) < 4.78 is 11.1. The normalized spacial score (nSPS) is 13.7. The van der Waals surface area contributed by atoms with E-state index in [-0.39, 0.29) is 11.3 Å². The molecular formula is C12H19N3O2S. The van der Waals surface area contributed by atoms with Crippen LogP contribution in [0.2, 0.25) is 0 Å². The molecule has 0 radical (unpaired) electrons. The molecule has 0 heterocycles. The molecule has 2 unspecified atom stereocenters. The zero-order chi connectivity index (χ0) is 13.5. The van der Waals surface area contributed by atoms with Crippen LogP contribution in [0.25, 0.3) is 0 Å². The Morgan fingerprint density at radius 2 is 2.00 bits per heavy atom. The predicted molar refractivity (Wildman–Crippen MR) is 74.9 cm³/mol. The van der Waals surface area contributed by atoms with Crippen LogP contribution in [0.1, 0.15) is 12.5 Å². The monoisotopic (exact) mass is 269 g/mol. The van der Waals surface area contributed by atoms with Gasteiger partial charge in [0.05, 0.1) is 0 Å². The maximum absolute atomic E-state index is 11.5. The van der Waals surface area contributed by atoms with Crippen molar-refractivity contribution in [2.24, 2.45) is 5.73 Å². The van der Waals surface area contributed by atoms with Gasteiger partial charge >= 0.3 is 6.03 Å². The molecule has 0 saturated heterocycles. The Morgan fingerprint density at radius 3 is 2.50 bits per heavy atom. The zero-order valence-corrected chi connectivity index (χ0v) is 11.4. The van der Waals surface area contributed by atoms with Crippen molar-refractivity contribution in [3.05, 3.63) is 29.8 Å². The Hall–Kier alpha value is -1.40. The van der Waals surface area contributed by atoms with Gasteiger partial charge in [0, 0.05) is 41.1 Å². The maximum atomic E-state index is 11.5. The summed E-state index contributed by atoms with van der Waals surface area (Å²) in [5.74, 6) is 0. The summed E-state index contributed by atoms with van der Waals surface area (Å²) in [5, 5.41) is 5.31. The topological polar surface area (TPSA) is 84.2 Å². The van der Waals surface area contributed by atoms with E-state index < -0.39 is 10.8 Å². The highest BCUT2D eigenvalue weighted by atomic mass is 32.2. The molecule has 1 rings (SSSR count). The van der Waals surface area contributed by atoms with E-state index in [4.69, 9.17) is 5.73 Å². The molecule has 0 spiro atoms. The minimum Gasteiger partial charge on any atom is -0.337 e. The lowest BCUT2D eigenvalue weighted by Gasteiger charge is -2.11. The molecule has 1 aromatic carbocycles. The van der Waals surface area contributed by atoms with E-state index in [1.54, 1.807) is 18.4 Å². The molecule has 0 bridgehead atoms. The van der Waals surface area contributed by atoms with E-state index in [0.717, 1.165) is 5.56 Å². The fraction of sp³-hybridized carbons (Fsp3) is 0.417. The molecule has 2 atom stereocenters. The van der Waals surface area contributed by atoms with Crippen molar-refractivity contribution in [2.75, 3.05) is 18.1 Å². The van der Waals surface area contributed by atoms with Crippen LogP contribution in [0.15, 0.2) is 24.3 Å². The lowest BCUT2D eigenvalue weighted by Crippen LogP contribution is -2.35. The smallest absolute Gasteiger partial charge is 0.319 e.